The van der Waals surface area contributed by atoms with Crippen molar-refractivity contribution >= 4 is 27.2 Å². The number of nitro groups is 1. The predicted octanol–water partition coefficient (Wildman–Crippen LogP) is 11.3. The fourth-order valence-corrected chi connectivity index (χ4v) is 7.89. The van der Waals surface area contributed by atoms with Gasteiger partial charge in [0.05, 0.1) is 25.1 Å². The van der Waals surface area contributed by atoms with Crippen LogP contribution in [0.2, 0.25) is 0 Å². The Morgan fingerprint density at radius 3 is 1.73 bits per heavy atom. The predicted molar refractivity (Wildman–Crippen MR) is 198 cm³/mol. The quantitative estimate of drug-likeness (QED) is 0.0855. The molecular weight excluding hydrogens is 592 g/mol. The fourth-order valence-electron chi connectivity index (χ4n) is 7.89. The highest BCUT2D eigenvalue weighted by atomic mass is 16.6. The lowest BCUT2D eigenvalue weighted by atomic mass is 9.82. The summed E-state index contributed by atoms with van der Waals surface area (Å²) in [6.45, 7) is 8.50. The standard InChI is InChI=1S/C43H43N2O3/c1-4-6-23-45(24-7-5-2)28-40-38(30-19-21-35(48-3)22-20-30)26-32-13-8-10-17-36(32)42(40)43-37-18-11-9-14-33(37)27-39(41(43)29-45)31-15-12-16-34(25-31)44(46)47/h8-22,25-27H,4-7,23-24,28-29H2,1-3H3/q+1. The van der Waals surface area contributed by atoms with Crippen LogP contribution in [0.3, 0.4) is 0 Å². The third-order valence-corrected chi connectivity index (χ3v) is 10.3. The molecule has 0 N–H and O–H groups in total. The van der Waals surface area contributed by atoms with Gasteiger partial charge in [-0.3, -0.25) is 10.1 Å². The molecule has 0 unspecified atom stereocenters. The summed E-state index contributed by atoms with van der Waals surface area (Å²) >= 11 is 0. The van der Waals surface area contributed by atoms with E-state index in [-0.39, 0.29) is 10.6 Å². The van der Waals surface area contributed by atoms with Gasteiger partial charge in [-0.15, -0.1) is 0 Å². The summed E-state index contributed by atoms with van der Waals surface area (Å²) in [7, 11) is 1.71. The Kier molecular flexibility index (Phi) is 8.72. The Morgan fingerprint density at radius 2 is 1.21 bits per heavy atom. The number of nitro benzene ring substituents is 1. The van der Waals surface area contributed by atoms with Gasteiger partial charge in [-0.25, -0.2) is 0 Å². The van der Waals surface area contributed by atoms with Gasteiger partial charge in [-0.05, 0) is 80.9 Å². The number of fused-ring (bicyclic) bond motifs is 7. The SMILES string of the molecule is CCCC[N+]1(CCCC)Cc2c(-c3ccc(OC)cc3)cc3ccccc3c2-c2c(c(-c3cccc([N+](=O)[O-])c3)cc3ccccc23)C1. The maximum atomic E-state index is 12.0. The molecule has 0 saturated heterocycles. The molecule has 1 heterocycles. The molecule has 7 rings (SSSR count). The Hall–Kier alpha value is -5.00. The monoisotopic (exact) mass is 635 g/mol. The molecule has 0 radical (unpaired) electrons. The molecule has 5 nitrogen and oxygen atoms in total. The maximum Gasteiger partial charge on any atom is 0.270 e. The lowest BCUT2D eigenvalue weighted by Gasteiger charge is -2.39. The van der Waals surface area contributed by atoms with Gasteiger partial charge < -0.3 is 9.22 Å². The third kappa shape index (κ3) is 5.73. The number of rotatable bonds is 10. The first kappa shape index (κ1) is 31.6. The molecule has 0 spiro atoms. The molecule has 0 aliphatic carbocycles. The molecule has 1 aliphatic heterocycles. The van der Waals surface area contributed by atoms with Crippen LogP contribution in [0.15, 0.2) is 109 Å². The van der Waals surface area contributed by atoms with Crippen molar-refractivity contribution in [1.82, 2.24) is 0 Å². The van der Waals surface area contributed by atoms with Crippen LogP contribution in [0.4, 0.5) is 5.69 Å². The van der Waals surface area contributed by atoms with E-state index in [0.717, 1.165) is 78.6 Å². The second-order valence-electron chi connectivity index (χ2n) is 13.3. The van der Waals surface area contributed by atoms with Gasteiger partial charge in [0, 0.05) is 34.4 Å². The van der Waals surface area contributed by atoms with Crippen molar-refractivity contribution in [2.45, 2.75) is 52.6 Å². The first-order valence-electron chi connectivity index (χ1n) is 17.3. The summed E-state index contributed by atoms with van der Waals surface area (Å²) in [6.07, 6.45) is 4.54. The largest absolute Gasteiger partial charge is 0.497 e. The highest BCUT2D eigenvalue weighted by Crippen LogP contribution is 2.50. The third-order valence-electron chi connectivity index (χ3n) is 10.3. The molecule has 242 valence electrons. The van der Waals surface area contributed by atoms with E-state index in [4.69, 9.17) is 4.74 Å². The second kappa shape index (κ2) is 13.2. The van der Waals surface area contributed by atoms with Crippen LogP contribution < -0.4 is 4.74 Å². The van der Waals surface area contributed by atoms with E-state index in [1.807, 2.05) is 12.1 Å². The van der Waals surface area contributed by atoms with Crippen LogP contribution >= 0.6 is 0 Å². The Bertz CT molecular complexity index is 2130. The number of ether oxygens (including phenoxy) is 1. The van der Waals surface area contributed by atoms with Gasteiger partial charge in [0.25, 0.3) is 5.69 Å². The summed E-state index contributed by atoms with van der Waals surface area (Å²) in [5.41, 5.74) is 9.79. The Labute approximate surface area is 283 Å². The average molecular weight is 636 g/mol. The van der Waals surface area contributed by atoms with Crippen LogP contribution in [0.5, 0.6) is 5.75 Å². The van der Waals surface area contributed by atoms with Crippen molar-refractivity contribution < 1.29 is 14.1 Å². The number of unbranched alkanes of at least 4 members (excludes halogenated alkanes) is 2. The normalized spacial score (nSPS) is 13.6. The Morgan fingerprint density at radius 1 is 0.667 bits per heavy atom. The van der Waals surface area contributed by atoms with Crippen molar-refractivity contribution in [3.63, 3.8) is 0 Å². The van der Waals surface area contributed by atoms with Gasteiger partial charge in [0.1, 0.15) is 18.8 Å². The smallest absolute Gasteiger partial charge is 0.270 e. The number of nitrogens with zero attached hydrogens (tertiary/aromatic N) is 2. The van der Waals surface area contributed by atoms with Crippen molar-refractivity contribution in [1.29, 1.82) is 0 Å². The fraction of sp³-hybridized carbons (Fsp3) is 0.256. The molecule has 48 heavy (non-hydrogen) atoms. The number of non-ortho nitro benzene ring substituents is 1. The zero-order chi connectivity index (χ0) is 33.3. The van der Waals surface area contributed by atoms with Crippen molar-refractivity contribution in [2.24, 2.45) is 0 Å². The summed E-state index contributed by atoms with van der Waals surface area (Å²) in [6, 6.07) is 37.9. The molecule has 0 amide bonds. The van der Waals surface area contributed by atoms with Gasteiger partial charge in [0.2, 0.25) is 0 Å². The summed E-state index contributed by atoms with van der Waals surface area (Å²) < 4.78 is 6.51. The number of methoxy groups -OCH3 is 1. The Balaban J connectivity index is 1.66. The highest BCUT2D eigenvalue weighted by molar-refractivity contribution is 6.12. The van der Waals surface area contributed by atoms with Crippen molar-refractivity contribution in [3.05, 3.63) is 130 Å². The zero-order valence-corrected chi connectivity index (χ0v) is 28.2. The minimum atomic E-state index is -0.282. The lowest BCUT2D eigenvalue weighted by Crippen LogP contribution is -2.47. The van der Waals surface area contributed by atoms with Gasteiger partial charge in [-0.2, -0.15) is 0 Å². The molecule has 1 aliphatic rings. The van der Waals surface area contributed by atoms with Crippen molar-refractivity contribution in [3.8, 4) is 39.1 Å². The van der Waals surface area contributed by atoms with Crippen LogP contribution in [-0.2, 0) is 13.1 Å². The first-order chi connectivity index (χ1) is 23.4. The van der Waals surface area contributed by atoms with Crippen LogP contribution in [0.25, 0.3) is 54.9 Å². The van der Waals surface area contributed by atoms with Gasteiger partial charge in [0.15, 0.2) is 0 Å². The summed E-state index contributed by atoms with van der Waals surface area (Å²) in [5.74, 6) is 0.847. The summed E-state index contributed by atoms with van der Waals surface area (Å²) in [4.78, 5) is 11.7. The minimum Gasteiger partial charge on any atom is -0.497 e. The lowest BCUT2D eigenvalue weighted by molar-refractivity contribution is -0.953. The molecule has 0 aromatic heterocycles. The number of hydrogen-bond donors (Lipinski definition) is 0. The van der Waals surface area contributed by atoms with E-state index < -0.39 is 0 Å². The maximum absolute atomic E-state index is 12.0. The average Bonchev–Trinajstić information content (AvgIpc) is 3.28. The molecule has 6 aromatic rings. The van der Waals surface area contributed by atoms with E-state index in [2.05, 4.69) is 98.8 Å². The van der Waals surface area contributed by atoms with E-state index in [1.54, 1.807) is 19.2 Å². The number of benzene rings is 6. The topological polar surface area (TPSA) is 52.4 Å². The molecular formula is C43H43N2O3+. The molecule has 0 saturated carbocycles. The van der Waals surface area contributed by atoms with Crippen LogP contribution in [0.1, 0.15) is 50.7 Å². The molecule has 0 fully saturated rings. The second-order valence-corrected chi connectivity index (χ2v) is 13.3. The number of hydrogen-bond acceptors (Lipinski definition) is 3. The van der Waals surface area contributed by atoms with E-state index in [1.165, 1.54) is 49.5 Å². The molecule has 6 aromatic carbocycles. The minimum absolute atomic E-state index is 0.119. The van der Waals surface area contributed by atoms with E-state index >= 15 is 0 Å². The van der Waals surface area contributed by atoms with Gasteiger partial charge >= 0.3 is 0 Å². The van der Waals surface area contributed by atoms with Crippen LogP contribution in [0, 0.1) is 10.1 Å². The van der Waals surface area contributed by atoms with Gasteiger partial charge in [-0.1, -0.05) is 99.5 Å². The van der Waals surface area contributed by atoms with Crippen molar-refractivity contribution in [2.75, 3.05) is 20.2 Å². The highest BCUT2D eigenvalue weighted by Gasteiger charge is 2.37. The van der Waals surface area contributed by atoms with E-state index in [0.29, 0.717) is 0 Å². The summed E-state index contributed by atoms with van der Waals surface area (Å²) in [5, 5.41) is 16.8. The van der Waals surface area contributed by atoms with E-state index in [9.17, 15) is 10.1 Å². The first-order valence-corrected chi connectivity index (χ1v) is 17.3. The zero-order valence-electron chi connectivity index (χ0n) is 28.2. The van der Waals surface area contributed by atoms with Crippen LogP contribution in [-0.4, -0.2) is 29.6 Å². The number of quaternary nitrogens is 1. The molecule has 0 atom stereocenters. The molecule has 5 heteroatoms. The molecule has 0 bridgehead atoms.